The molecule has 0 unspecified atom stereocenters. The van der Waals surface area contributed by atoms with Crippen LogP contribution >= 0.6 is 0 Å². The molecule has 0 saturated heterocycles. The maximum Gasteiger partial charge on any atom is 0.0670 e. The van der Waals surface area contributed by atoms with E-state index in [4.69, 9.17) is 4.99 Å². The number of para-hydroxylation sites is 1. The van der Waals surface area contributed by atoms with Gasteiger partial charge in [-0.15, -0.1) is 0 Å². The third-order valence-corrected chi connectivity index (χ3v) is 3.57. The molecule has 1 aliphatic rings. The number of unbranched alkanes of at least 4 members (excludes halogenated alkanes) is 2. The second-order valence-corrected chi connectivity index (χ2v) is 5.16. The van der Waals surface area contributed by atoms with Gasteiger partial charge in [0, 0.05) is 11.1 Å². The molecular weight excluding hydrogens is 194 g/mol. The summed E-state index contributed by atoms with van der Waals surface area (Å²) in [4.78, 5) is 4.79. The Kier molecular flexibility index (Phi) is 3.13. The summed E-state index contributed by atoms with van der Waals surface area (Å²) >= 11 is 0. The van der Waals surface area contributed by atoms with E-state index in [2.05, 4.69) is 45.0 Å². The quantitative estimate of drug-likeness (QED) is 0.649. The number of rotatable bonds is 4. The first-order valence-corrected chi connectivity index (χ1v) is 6.34. The Balaban J connectivity index is 2.18. The molecule has 0 atom stereocenters. The standard InChI is InChI=1S/C15H21N/c1-4-5-6-11-14-15(2,3)12-9-7-8-10-13(12)16-14/h7-10H,4-6,11H2,1-3H3. The number of aliphatic imine (C=N–C) groups is 1. The van der Waals surface area contributed by atoms with E-state index in [9.17, 15) is 0 Å². The van der Waals surface area contributed by atoms with Gasteiger partial charge in [0.05, 0.1) is 5.69 Å². The van der Waals surface area contributed by atoms with Crippen molar-refractivity contribution in [2.45, 2.75) is 51.9 Å². The predicted octanol–water partition coefficient (Wildman–Crippen LogP) is 4.63. The largest absolute Gasteiger partial charge is 0.257 e. The van der Waals surface area contributed by atoms with Crippen molar-refractivity contribution in [1.29, 1.82) is 0 Å². The van der Waals surface area contributed by atoms with Gasteiger partial charge in [-0.05, 0) is 24.5 Å². The second-order valence-electron chi connectivity index (χ2n) is 5.16. The van der Waals surface area contributed by atoms with E-state index in [1.165, 1.54) is 36.2 Å². The lowest BCUT2D eigenvalue weighted by molar-refractivity contribution is 0.681. The Bertz CT molecular complexity index is 402. The topological polar surface area (TPSA) is 12.4 Å². The summed E-state index contributed by atoms with van der Waals surface area (Å²) in [6.45, 7) is 6.84. The lowest BCUT2D eigenvalue weighted by Gasteiger charge is -2.22. The van der Waals surface area contributed by atoms with Gasteiger partial charge in [-0.1, -0.05) is 51.8 Å². The van der Waals surface area contributed by atoms with E-state index >= 15 is 0 Å². The van der Waals surface area contributed by atoms with Gasteiger partial charge < -0.3 is 0 Å². The monoisotopic (exact) mass is 215 g/mol. The molecule has 0 spiro atoms. The van der Waals surface area contributed by atoms with Gasteiger partial charge in [-0.2, -0.15) is 0 Å². The maximum absolute atomic E-state index is 4.79. The van der Waals surface area contributed by atoms with Crippen LogP contribution in [-0.2, 0) is 5.41 Å². The number of benzene rings is 1. The lowest BCUT2D eigenvalue weighted by Crippen LogP contribution is -2.25. The fourth-order valence-corrected chi connectivity index (χ4v) is 2.45. The Morgan fingerprint density at radius 1 is 1.12 bits per heavy atom. The molecule has 1 heteroatoms. The highest BCUT2D eigenvalue weighted by atomic mass is 14.8. The number of nitrogens with zero attached hydrogens (tertiary/aromatic N) is 1. The zero-order valence-corrected chi connectivity index (χ0v) is 10.6. The van der Waals surface area contributed by atoms with E-state index in [1.807, 2.05) is 0 Å². The molecule has 1 aromatic carbocycles. The molecule has 1 aromatic rings. The first kappa shape index (κ1) is 11.4. The summed E-state index contributed by atoms with van der Waals surface area (Å²) in [6.07, 6.45) is 5.01. The molecular formula is C15H21N. The fraction of sp³-hybridized carbons (Fsp3) is 0.533. The van der Waals surface area contributed by atoms with Gasteiger partial charge in [0.1, 0.15) is 0 Å². The average Bonchev–Trinajstić information content (AvgIpc) is 2.52. The van der Waals surface area contributed by atoms with E-state index in [1.54, 1.807) is 0 Å². The fourth-order valence-electron chi connectivity index (χ4n) is 2.45. The molecule has 0 saturated carbocycles. The Morgan fingerprint density at radius 2 is 1.88 bits per heavy atom. The van der Waals surface area contributed by atoms with Crippen LogP contribution in [-0.4, -0.2) is 5.71 Å². The van der Waals surface area contributed by atoms with Crippen LogP contribution in [0.15, 0.2) is 29.3 Å². The molecule has 0 fully saturated rings. The number of hydrogen-bond acceptors (Lipinski definition) is 1. The van der Waals surface area contributed by atoms with Gasteiger partial charge in [0.15, 0.2) is 0 Å². The summed E-state index contributed by atoms with van der Waals surface area (Å²) in [5, 5.41) is 0. The Labute approximate surface area is 98.6 Å². The van der Waals surface area contributed by atoms with Gasteiger partial charge in [0.25, 0.3) is 0 Å². The zero-order chi connectivity index (χ0) is 11.6. The molecule has 0 amide bonds. The maximum atomic E-state index is 4.79. The lowest BCUT2D eigenvalue weighted by atomic mass is 9.80. The summed E-state index contributed by atoms with van der Waals surface area (Å²) in [5.74, 6) is 0. The van der Waals surface area contributed by atoms with Crippen molar-refractivity contribution < 1.29 is 0 Å². The predicted molar refractivity (Wildman–Crippen MR) is 70.7 cm³/mol. The number of fused-ring (bicyclic) bond motifs is 1. The van der Waals surface area contributed by atoms with Gasteiger partial charge in [-0.25, -0.2) is 0 Å². The van der Waals surface area contributed by atoms with Crippen LogP contribution < -0.4 is 0 Å². The van der Waals surface area contributed by atoms with Crippen LogP contribution in [0.2, 0.25) is 0 Å². The van der Waals surface area contributed by atoms with Crippen LogP contribution in [0.1, 0.15) is 52.0 Å². The smallest absolute Gasteiger partial charge is 0.0670 e. The molecule has 1 nitrogen and oxygen atoms in total. The minimum atomic E-state index is 0.143. The van der Waals surface area contributed by atoms with Crippen molar-refractivity contribution in [2.75, 3.05) is 0 Å². The van der Waals surface area contributed by atoms with Crippen molar-refractivity contribution in [3.63, 3.8) is 0 Å². The van der Waals surface area contributed by atoms with Crippen LogP contribution in [0.4, 0.5) is 5.69 Å². The average molecular weight is 215 g/mol. The summed E-state index contributed by atoms with van der Waals surface area (Å²) in [5.41, 5.74) is 4.08. The highest BCUT2D eigenvalue weighted by Gasteiger charge is 2.33. The van der Waals surface area contributed by atoms with E-state index < -0.39 is 0 Å². The van der Waals surface area contributed by atoms with Crippen molar-refractivity contribution in [3.8, 4) is 0 Å². The van der Waals surface area contributed by atoms with Crippen molar-refractivity contribution >= 4 is 11.4 Å². The minimum Gasteiger partial charge on any atom is -0.257 e. The molecule has 1 heterocycles. The zero-order valence-electron chi connectivity index (χ0n) is 10.6. The van der Waals surface area contributed by atoms with Crippen LogP contribution in [0, 0.1) is 0 Å². The summed E-state index contributed by atoms with van der Waals surface area (Å²) in [6, 6.07) is 8.54. The number of hydrogen-bond donors (Lipinski definition) is 0. The third kappa shape index (κ3) is 1.91. The third-order valence-electron chi connectivity index (χ3n) is 3.57. The first-order chi connectivity index (χ1) is 7.66. The summed E-state index contributed by atoms with van der Waals surface area (Å²) in [7, 11) is 0. The molecule has 0 N–H and O–H groups in total. The SMILES string of the molecule is CCCCCC1=Nc2ccccc2C1(C)C. The molecule has 0 aliphatic carbocycles. The van der Waals surface area contributed by atoms with E-state index in [-0.39, 0.29) is 5.41 Å². The molecule has 16 heavy (non-hydrogen) atoms. The van der Waals surface area contributed by atoms with Crippen LogP contribution in [0.3, 0.4) is 0 Å². The normalized spacial score (nSPS) is 17.1. The Hall–Kier alpha value is -1.11. The van der Waals surface area contributed by atoms with Crippen molar-refractivity contribution in [1.82, 2.24) is 0 Å². The van der Waals surface area contributed by atoms with Crippen LogP contribution in [0.5, 0.6) is 0 Å². The Morgan fingerprint density at radius 3 is 2.56 bits per heavy atom. The van der Waals surface area contributed by atoms with Gasteiger partial charge in [0.2, 0.25) is 0 Å². The van der Waals surface area contributed by atoms with E-state index in [0.717, 1.165) is 6.42 Å². The molecule has 0 bridgehead atoms. The second kappa shape index (κ2) is 4.40. The highest BCUT2D eigenvalue weighted by Crippen LogP contribution is 2.40. The molecule has 1 aliphatic heterocycles. The van der Waals surface area contributed by atoms with Gasteiger partial charge >= 0.3 is 0 Å². The van der Waals surface area contributed by atoms with E-state index in [0.29, 0.717) is 0 Å². The molecule has 0 aromatic heterocycles. The van der Waals surface area contributed by atoms with Crippen LogP contribution in [0.25, 0.3) is 0 Å². The highest BCUT2D eigenvalue weighted by molar-refractivity contribution is 6.01. The first-order valence-electron chi connectivity index (χ1n) is 6.34. The van der Waals surface area contributed by atoms with Crippen molar-refractivity contribution in [3.05, 3.63) is 29.8 Å². The molecule has 0 radical (unpaired) electrons. The van der Waals surface area contributed by atoms with Crippen molar-refractivity contribution in [2.24, 2.45) is 4.99 Å². The molecule has 2 rings (SSSR count). The minimum absolute atomic E-state index is 0.143. The summed E-state index contributed by atoms with van der Waals surface area (Å²) < 4.78 is 0. The van der Waals surface area contributed by atoms with Gasteiger partial charge in [-0.3, -0.25) is 4.99 Å². The molecule has 86 valence electrons.